The summed E-state index contributed by atoms with van der Waals surface area (Å²) in [5.41, 5.74) is 0.376. The van der Waals surface area contributed by atoms with Gasteiger partial charge in [0.15, 0.2) is 11.9 Å². The van der Waals surface area contributed by atoms with Crippen molar-refractivity contribution in [2.24, 2.45) is 5.92 Å². The van der Waals surface area contributed by atoms with Crippen molar-refractivity contribution in [2.75, 3.05) is 0 Å². The Morgan fingerprint density at radius 2 is 1.64 bits per heavy atom. The van der Waals surface area contributed by atoms with Gasteiger partial charge in [-0.3, -0.25) is 0 Å². The fraction of sp³-hybridized carbons (Fsp3) is 0.333. The van der Waals surface area contributed by atoms with E-state index < -0.39 is 35.5 Å². The molecule has 3 unspecified atom stereocenters. The Labute approximate surface area is 125 Å². The number of aliphatic hydroxyl groups is 6. The summed E-state index contributed by atoms with van der Waals surface area (Å²) in [6.45, 7) is 0. The molecule has 3 atom stereocenters. The molecule has 1 aliphatic heterocycles. The maximum Gasteiger partial charge on any atom is 0.233 e. The maximum atomic E-state index is 10.2. The number of allylic oxidation sites excluding steroid dienone is 1. The molecule has 0 aromatic heterocycles. The van der Waals surface area contributed by atoms with Gasteiger partial charge in [0.05, 0.1) is 0 Å². The molecule has 1 aromatic rings. The number of fused-ring (bicyclic) bond motifs is 1. The van der Waals surface area contributed by atoms with Crippen LogP contribution in [-0.4, -0.2) is 48.3 Å². The Balaban J connectivity index is 2.06. The summed E-state index contributed by atoms with van der Waals surface area (Å²) in [6, 6.07) is 8.18. The molecule has 3 rings (SSSR count). The van der Waals surface area contributed by atoms with E-state index in [1.54, 1.807) is 30.3 Å². The lowest BCUT2D eigenvalue weighted by Crippen LogP contribution is -2.62. The first kappa shape index (κ1) is 15.0. The molecule has 22 heavy (non-hydrogen) atoms. The molecule has 0 bridgehead atoms. The van der Waals surface area contributed by atoms with Gasteiger partial charge in [-0.05, 0) is 5.56 Å². The zero-order valence-corrected chi connectivity index (χ0v) is 11.4. The number of ether oxygens (including phenoxy) is 1. The first-order chi connectivity index (χ1) is 10.2. The van der Waals surface area contributed by atoms with Crippen LogP contribution in [-0.2, 0) is 4.74 Å². The molecule has 7 nitrogen and oxygen atoms in total. The highest BCUT2D eigenvalue weighted by Gasteiger charge is 2.60. The standard InChI is InChI=1S/C15H16O7/c16-9-6-10-11(14(18,19)7-9)12(17)15(20,21)13(22-10)8-4-2-1-3-5-8/h1-7,11-13,16-21H. The molecule has 6 N–H and O–H groups in total. The normalized spacial score (nSPS) is 32.3. The van der Waals surface area contributed by atoms with Crippen molar-refractivity contribution in [1.82, 2.24) is 0 Å². The minimum absolute atomic E-state index is 0.148. The van der Waals surface area contributed by atoms with Gasteiger partial charge in [-0.1, -0.05) is 30.3 Å². The van der Waals surface area contributed by atoms with E-state index in [9.17, 15) is 30.6 Å². The minimum Gasteiger partial charge on any atom is -0.508 e. The van der Waals surface area contributed by atoms with Crippen LogP contribution in [0.1, 0.15) is 11.7 Å². The molecule has 1 saturated heterocycles. The Kier molecular flexibility index (Phi) is 3.28. The maximum absolute atomic E-state index is 10.2. The summed E-state index contributed by atoms with van der Waals surface area (Å²) in [4.78, 5) is 0. The van der Waals surface area contributed by atoms with Gasteiger partial charge in [-0.15, -0.1) is 0 Å². The summed E-state index contributed by atoms with van der Waals surface area (Å²) in [6.07, 6.45) is -1.51. The highest BCUT2D eigenvalue weighted by Crippen LogP contribution is 2.47. The van der Waals surface area contributed by atoms with Crippen LogP contribution in [0.3, 0.4) is 0 Å². The third-order valence-corrected chi connectivity index (χ3v) is 3.91. The predicted octanol–water partition coefficient (Wildman–Crippen LogP) is -0.564. The molecule has 0 amide bonds. The van der Waals surface area contributed by atoms with Crippen molar-refractivity contribution in [3.05, 3.63) is 59.6 Å². The highest BCUT2D eigenvalue weighted by molar-refractivity contribution is 5.33. The molecule has 1 aliphatic carbocycles. The lowest BCUT2D eigenvalue weighted by molar-refractivity contribution is -0.339. The molecule has 1 heterocycles. The minimum atomic E-state index is -2.75. The van der Waals surface area contributed by atoms with Gasteiger partial charge in [0, 0.05) is 12.2 Å². The van der Waals surface area contributed by atoms with E-state index in [4.69, 9.17) is 4.74 Å². The van der Waals surface area contributed by atoms with Crippen LogP contribution in [0.25, 0.3) is 0 Å². The average Bonchev–Trinajstić information content (AvgIpc) is 2.42. The first-order valence-corrected chi connectivity index (χ1v) is 6.66. The monoisotopic (exact) mass is 308 g/mol. The Bertz CT molecular complexity index is 633. The number of rotatable bonds is 1. The van der Waals surface area contributed by atoms with Crippen LogP contribution in [0.4, 0.5) is 0 Å². The van der Waals surface area contributed by atoms with Crippen molar-refractivity contribution in [2.45, 2.75) is 23.8 Å². The van der Waals surface area contributed by atoms with E-state index in [0.717, 1.165) is 6.08 Å². The predicted molar refractivity (Wildman–Crippen MR) is 72.9 cm³/mol. The van der Waals surface area contributed by atoms with Crippen LogP contribution in [0.2, 0.25) is 0 Å². The molecule has 7 heteroatoms. The molecule has 0 spiro atoms. The van der Waals surface area contributed by atoms with Gasteiger partial charge in [0.1, 0.15) is 23.5 Å². The SMILES string of the molecule is OC1=CC(O)(O)C2C(=C1)OC(c1ccccc1)C(O)(O)C2O. The number of benzene rings is 1. The van der Waals surface area contributed by atoms with E-state index in [1.165, 1.54) is 0 Å². The smallest absolute Gasteiger partial charge is 0.233 e. The second kappa shape index (κ2) is 4.80. The Morgan fingerprint density at radius 1 is 1.00 bits per heavy atom. The molecule has 2 aliphatic rings. The van der Waals surface area contributed by atoms with Crippen LogP contribution in [0, 0.1) is 5.92 Å². The second-order valence-electron chi connectivity index (χ2n) is 5.51. The van der Waals surface area contributed by atoms with Crippen molar-refractivity contribution in [1.29, 1.82) is 0 Å². The summed E-state index contributed by atoms with van der Waals surface area (Å²) in [7, 11) is 0. The Hall–Kier alpha value is -1.90. The summed E-state index contributed by atoms with van der Waals surface area (Å²) in [5, 5.41) is 60.1. The fourth-order valence-electron chi connectivity index (χ4n) is 2.85. The molecule has 1 fully saturated rings. The summed E-state index contributed by atoms with van der Waals surface area (Å²) < 4.78 is 5.45. The zero-order chi connectivity index (χ0) is 16.1. The van der Waals surface area contributed by atoms with Crippen molar-refractivity contribution in [3.8, 4) is 0 Å². The molecule has 0 saturated carbocycles. The average molecular weight is 308 g/mol. The molecule has 1 aromatic carbocycles. The van der Waals surface area contributed by atoms with E-state index in [2.05, 4.69) is 0 Å². The third-order valence-electron chi connectivity index (χ3n) is 3.91. The van der Waals surface area contributed by atoms with Gasteiger partial charge in [0.25, 0.3) is 0 Å². The quantitative estimate of drug-likeness (QED) is 0.383. The first-order valence-electron chi connectivity index (χ1n) is 6.66. The van der Waals surface area contributed by atoms with Crippen LogP contribution < -0.4 is 0 Å². The number of hydrogen-bond donors (Lipinski definition) is 6. The van der Waals surface area contributed by atoms with E-state index in [0.29, 0.717) is 11.6 Å². The van der Waals surface area contributed by atoms with E-state index in [1.807, 2.05) is 0 Å². The van der Waals surface area contributed by atoms with Crippen LogP contribution in [0.15, 0.2) is 54.0 Å². The molecule has 0 radical (unpaired) electrons. The van der Waals surface area contributed by atoms with Crippen molar-refractivity contribution >= 4 is 0 Å². The molecular weight excluding hydrogens is 292 g/mol. The molecular formula is C15H16O7. The van der Waals surface area contributed by atoms with Gasteiger partial charge in [0.2, 0.25) is 5.79 Å². The zero-order valence-electron chi connectivity index (χ0n) is 11.4. The second-order valence-corrected chi connectivity index (χ2v) is 5.51. The van der Waals surface area contributed by atoms with E-state index >= 15 is 0 Å². The van der Waals surface area contributed by atoms with Gasteiger partial charge >= 0.3 is 0 Å². The third kappa shape index (κ3) is 2.20. The van der Waals surface area contributed by atoms with Crippen LogP contribution in [0.5, 0.6) is 0 Å². The lowest BCUT2D eigenvalue weighted by Gasteiger charge is -2.48. The van der Waals surface area contributed by atoms with Crippen molar-refractivity contribution in [3.63, 3.8) is 0 Å². The fourth-order valence-corrected chi connectivity index (χ4v) is 2.85. The number of hydrogen-bond acceptors (Lipinski definition) is 7. The lowest BCUT2D eigenvalue weighted by atomic mass is 9.77. The highest BCUT2D eigenvalue weighted by atomic mass is 16.6. The summed E-state index contributed by atoms with van der Waals surface area (Å²) >= 11 is 0. The van der Waals surface area contributed by atoms with Crippen molar-refractivity contribution < 1.29 is 35.4 Å². The Morgan fingerprint density at radius 3 is 2.27 bits per heavy atom. The van der Waals surface area contributed by atoms with Gasteiger partial charge in [-0.25, -0.2) is 0 Å². The largest absolute Gasteiger partial charge is 0.508 e. The van der Waals surface area contributed by atoms with Gasteiger partial charge in [-0.2, -0.15) is 0 Å². The van der Waals surface area contributed by atoms with Crippen LogP contribution >= 0.6 is 0 Å². The van der Waals surface area contributed by atoms with Gasteiger partial charge < -0.3 is 35.4 Å². The van der Waals surface area contributed by atoms with E-state index in [-0.39, 0.29) is 5.76 Å². The number of aliphatic hydroxyl groups excluding tert-OH is 2. The molecule has 118 valence electrons. The topological polar surface area (TPSA) is 131 Å². The summed E-state index contributed by atoms with van der Waals surface area (Å²) in [5.74, 6) is -7.57.